The SMILES string of the molecule is CCCCCC[C@]1(OC)CC[C@@H](C2CCC(CCCCC)CC2)CC1. The molecule has 0 N–H and O–H groups in total. The highest BCUT2D eigenvalue weighted by molar-refractivity contribution is 4.90. The Labute approximate surface area is 158 Å². The molecule has 2 saturated carbocycles. The summed E-state index contributed by atoms with van der Waals surface area (Å²) in [4.78, 5) is 0. The predicted molar refractivity (Wildman–Crippen MR) is 110 cm³/mol. The van der Waals surface area contributed by atoms with Crippen LogP contribution in [0.4, 0.5) is 0 Å². The second-order valence-electron chi connectivity index (χ2n) is 9.31. The Bertz CT molecular complexity index is 321. The van der Waals surface area contributed by atoms with E-state index in [0.29, 0.717) is 0 Å². The zero-order valence-corrected chi connectivity index (χ0v) is 17.7. The first-order valence-corrected chi connectivity index (χ1v) is 11.8. The van der Waals surface area contributed by atoms with Gasteiger partial charge in [0.15, 0.2) is 0 Å². The van der Waals surface area contributed by atoms with E-state index in [2.05, 4.69) is 13.8 Å². The molecule has 1 heteroatoms. The van der Waals surface area contributed by atoms with E-state index >= 15 is 0 Å². The van der Waals surface area contributed by atoms with Gasteiger partial charge in [-0.05, 0) is 62.7 Å². The van der Waals surface area contributed by atoms with Gasteiger partial charge < -0.3 is 4.74 Å². The zero-order valence-electron chi connectivity index (χ0n) is 17.7. The number of hydrogen-bond acceptors (Lipinski definition) is 1. The van der Waals surface area contributed by atoms with E-state index in [1.165, 1.54) is 109 Å². The second-order valence-corrected chi connectivity index (χ2v) is 9.31. The van der Waals surface area contributed by atoms with Crippen LogP contribution < -0.4 is 0 Å². The molecule has 25 heavy (non-hydrogen) atoms. The van der Waals surface area contributed by atoms with Crippen LogP contribution >= 0.6 is 0 Å². The van der Waals surface area contributed by atoms with Crippen molar-refractivity contribution in [2.75, 3.05) is 7.11 Å². The van der Waals surface area contributed by atoms with E-state index in [4.69, 9.17) is 4.74 Å². The normalized spacial score (nSPS) is 33.5. The lowest BCUT2D eigenvalue weighted by atomic mass is 9.67. The third-order valence-corrected chi connectivity index (χ3v) is 7.63. The fourth-order valence-electron chi connectivity index (χ4n) is 5.70. The van der Waals surface area contributed by atoms with Gasteiger partial charge in [0.2, 0.25) is 0 Å². The van der Waals surface area contributed by atoms with Gasteiger partial charge in [-0.15, -0.1) is 0 Å². The van der Waals surface area contributed by atoms with Crippen LogP contribution in [0.15, 0.2) is 0 Å². The lowest BCUT2D eigenvalue weighted by Gasteiger charge is -2.43. The molecule has 0 spiro atoms. The molecule has 0 bridgehead atoms. The molecule has 0 saturated heterocycles. The third kappa shape index (κ3) is 6.89. The Morgan fingerprint density at radius 1 is 0.720 bits per heavy atom. The molecule has 2 aliphatic carbocycles. The highest BCUT2D eigenvalue weighted by Crippen LogP contribution is 2.45. The van der Waals surface area contributed by atoms with Crippen LogP contribution in [0.5, 0.6) is 0 Å². The predicted octanol–water partition coefficient (Wildman–Crippen LogP) is 7.92. The van der Waals surface area contributed by atoms with Gasteiger partial charge >= 0.3 is 0 Å². The molecule has 0 aromatic rings. The van der Waals surface area contributed by atoms with Crippen molar-refractivity contribution in [3.63, 3.8) is 0 Å². The monoisotopic (exact) mass is 350 g/mol. The Balaban J connectivity index is 1.67. The maximum atomic E-state index is 6.07. The van der Waals surface area contributed by atoms with E-state index in [-0.39, 0.29) is 5.60 Å². The lowest BCUT2D eigenvalue weighted by molar-refractivity contribution is -0.0639. The summed E-state index contributed by atoms with van der Waals surface area (Å²) in [7, 11) is 1.97. The van der Waals surface area contributed by atoms with Gasteiger partial charge in [0.05, 0.1) is 5.60 Å². The molecule has 0 atom stereocenters. The average molecular weight is 351 g/mol. The molecule has 2 aliphatic rings. The summed E-state index contributed by atoms with van der Waals surface area (Å²) in [6.45, 7) is 4.62. The first kappa shape index (κ1) is 21.3. The molecule has 0 aromatic carbocycles. The summed E-state index contributed by atoms with van der Waals surface area (Å²) in [5.41, 5.74) is 0.238. The molecular weight excluding hydrogens is 304 g/mol. The molecule has 0 aliphatic heterocycles. The van der Waals surface area contributed by atoms with Crippen molar-refractivity contribution in [2.45, 2.75) is 129 Å². The molecule has 0 radical (unpaired) electrons. The van der Waals surface area contributed by atoms with Gasteiger partial charge in [-0.25, -0.2) is 0 Å². The first-order valence-electron chi connectivity index (χ1n) is 11.8. The molecule has 0 heterocycles. The van der Waals surface area contributed by atoms with E-state index in [9.17, 15) is 0 Å². The summed E-state index contributed by atoms with van der Waals surface area (Å²) in [6.07, 6.45) is 24.2. The summed E-state index contributed by atoms with van der Waals surface area (Å²) >= 11 is 0. The van der Waals surface area contributed by atoms with Crippen molar-refractivity contribution in [3.05, 3.63) is 0 Å². The fraction of sp³-hybridized carbons (Fsp3) is 1.00. The van der Waals surface area contributed by atoms with Crippen LogP contribution in [0.2, 0.25) is 0 Å². The van der Waals surface area contributed by atoms with Gasteiger partial charge in [0.25, 0.3) is 0 Å². The van der Waals surface area contributed by atoms with Crippen molar-refractivity contribution in [1.82, 2.24) is 0 Å². The Morgan fingerprint density at radius 2 is 1.32 bits per heavy atom. The highest BCUT2D eigenvalue weighted by atomic mass is 16.5. The van der Waals surface area contributed by atoms with Crippen molar-refractivity contribution >= 4 is 0 Å². The average Bonchev–Trinajstić information content (AvgIpc) is 2.67. The van der Waals surface area contributed by atoms with Crippen molar-refractivity contribution in [2.24, 2.45) is 17.8 Å². The summed E-state index contributed by atoms with van der Waals surface area (Å²) in [6, 6.07) is 0. The largest absolute Gasteiger partial charge is 0.378 e. The molecule has 148 valence electrons. The summed E-state index contributed by atoms with van der Waals surface area (Å²) < 4.78 is 6.07. The summed E-state index contributed by atoms with van der Waals surface area (Å²) in [5, 5.41) is 0. The smallest absolute Gasteiger partial charge is 0.0679 e. The number of hydrogen-bond donors (Lipinski definition) is 0. The van der Waals surface area contributed by atoms with E-state index in [0.717, 1.165) is 17.8 Å². The standard InChI is InChI=1S/C24H46O/c1-4-6-8-10-18-24(25-3)19-16-23(17-20-24)22-14-12-21(13-15-22)11-9-7-5-2/h21-23H,4-20H2,1-3H3/t21?,22?,23-,24+. The topological polar surface area (TPSA) is 9.23 Å². The molecule has 2 fully saturated rings. The minimum atomic E-state index is 0.238. The highest BCUT2D eigenvalue weighted by Gasteiger charge is 2.38. The van der Waals surface area contributed by atoms with E-state index in [1.54, 1.807) is 0 Å². The fourth-order valence-corrected chi connectivity index (χ4v) is 5.70. The van der Waals surface area contributed by atoms with Crippen LogP contribution in [-0.4, -0.2) is 12.7 Å². The van der Waals surface area contributed by atoms with E-state index in [1.807, 2.05) is 7.11 Å². The Morgan fingerprint density at radius 3 is 1.92 bits per heavy atom. The second kappa shape index (κ2) is 11.6. The third-order valence-electron chi connectivity index (χ3n) is 7.63. The zero-order chi connectivity index (χ0) is 18.0. The number of ether oxygens (including phenoxy) is 1. The summed E-state index contributed by atoms with van der Waals surface area (Å²) in [5.74, 6) is 3.11. The van der Waals surface area contributed by atoms with Crippen LogP contribution in [0.3, 0.4) is 0 Å². The van der Waals surface area contributed by atoms with Gasteiger partial charge in [-0.2, -0.15) is 0 Å². The van der Waals surface area contributed by atoms with Gasteiger partial charge in [-0.1, -0.05) is 78.1 Å². The molecular formula is C24H46O. The van der Waals surface area contributed by atoms with Crippen molar-refractivity contribution in [1.29, 1.82) is 0 Å². The molecule has 2 rings (SSSR count). The minimum Gasteiger partial charge on any atom is -0.378 e. The van der Waals surface area contributed by atoms with Crippen LogP contribution in [0.1, 0.15) is 123 Å². The maximum Gasteiger partial charge on any atom is 0.0679 e. The first-order chi connectivity index (χ1) is 12.2. The van der Waals surface area contributed by atoms with Crippen molar-refractivity contribution in [3.8, 4) is 0 Å². The maximum absolute atomic E-state index is 6.07. The van der Waals surface area contributed by atoms with Gasteiger partial charge in [0.1, 0.15) is 0 Å². The van der Waals surface area contributed by atoms with Gasteiger partial charge in [0, 0.05) is 7.11 Å². The van der Waals surface area contributed by atoms with Crippen LogP contribution in [0.25, 0.3) is 0 Å². The molecule has 0 amide bonds. The van der Waals surface area contributed by atoms with Crippen LogP contribution in [0, 0.1) is 17.8 Å². The minimum absolute atomic E-state index is 0.238. The van der Waals surface area contributed by atoms with Crippen molar-refractivity contribution < 1.29 is 4.74 Å². The molecule has 1 nitrogen and oxygen atoms in total. The van der Waals surface area contributed by atoms with E-state index < -0.39 is 0 Å². The number of unbranched alkanes of at least 4 members (excludes halogenated alkanes) is 5. The van der Waals surface area contributed by atoms with Gasteiger partial charge in [-0.3, -0.25) is 0 Å². The number of methoxy groups -OCH3 is 1. The molecule has 0 unspecified atom stereocenters. The van der Waals surface area contributed by atoms with Crippen LogP contribution in [-0.2, 0) is 4.74 Å². The number of rotatable bonds is 11. The Kier molecular flexibility index (Phi) is 9.89. The lowest BCUT2D eigenvalue weighted by Crippen LogP contribution is -2.38. The Hall–Kier alpha value is -0.0400. The molecule has 0 aromatic heterocycles. The quantitative estimate of drug-likeness (QED) is 0.344.